The monoisotopic (exact) mass is 1090 g/mol. The van der Waals surface area contributed by atoms with E-state index >= 15 is 0 Å². The van der Waals surface area contributed by atoms with Gasteiger partial charge in [0.05, 0.1) is 0 Å². The first-order valence-electron chi connectivity index (χ1n) is 15.4. The summed E-state index contributed by atoms with van der Waals surface area (Å²) in [6, 6.07) is 0. The van der Waals surface area contributed by atoms with E-state index in [1.54, 1.807) is 0 Å². The van der Waals surface area contributed by atoms with E-state index in [1.807, 2.05) is 34.6 Å². The molecule has 20 radical (unpaired) electrons. The van der Waals surface area contributed by atoms with Gasteiger partial charge in [0.1, 0.15) is 0 Å². The molecule has 4 rings (SSSR count). The molecule has 0 bridgehead atoms. The van der Waals surface area contributed by atoms with E-state index in [0.717, 1.165) is 0 Å². The Hall–Kier alpha value is 3.65. The molecule has 0 aliphatic heterocycles. The molecule has 0 heterocycles. The molecule has 0 aromatic rings. The average Bonchev–Trinajstić information content (AvgIpc) is 3.52. The SMILES string of the molecule is C[C]1[C](C)[C](C)[C](C)[C]1C.C[C]1[C](C)[C](C)[C](C)[C]1C.C[C]1[C](C)[C](C)[C](C)[C]1C.C[C]1[C](C)[C](C)[C](C)[C]1C.ClCl.[Cl][Ru].[Cl][Ru].[Ru].[Ru]. The van der Waals surface area contributed by atoms with Crippen molar-refractivity contribution in [3.8, 4) is 0 Å². The molecular weight excluding hydrogens is 1030 g/mol. The molecule has 8 heteroatoms. The largest absolute Gasteiger partial charge is 0 e. The summed E-state index contributed by atoms with van der Waals surface area (Å²) in [4.78, 5) is 0. The zero-order valence-corrected chi connectivity index (χ0v) is 42.9. The molecule has 4 aliphatic carbocycles. The molecule has 0 unspecified atom stereocenters. The van der Waals surface area contributed by atoms with Crippen LogP contribution in [0.2, 0.25) is 0 Å². The summed E-state index contributed by atoms with van der Waals surface area (Å²) in [5.74, 6) is 29.4. The first-order valence-corrected chi connectivity index (χ1v) is 21.0. The number of rotatable bonds is 0. The Morgan fingerprint density at radius 2 is 0.208 bits per heavy atom. The van der Waals surface area contributed by atoms with Gasteiger partial charge in [-0.2, -0.15) is 0 Å². The summed E-state index contributed by atoms with van der Waals surface area (Å²) in [6.07, 6.45) is 0. The van der Waals surface area contributed by atoms with Crippen LogP contribution in [0.5, 0.6) is 0 Å². The quantitative estimate of drug-likeness (QED) is 0.212. The third kappa shape index (κ3) is 16.8. The zero-order chi connectivity index (χ0) is 37.5. The van der Waals surface area contributed by atoms with Crippen molar-refractivity contribution in [1.29, 1.82) is 0 Å². The predicted octanol–water partition coefficient (Wildman–Crippen LogP) is 14.6. The second kappa shape index (κ2) is 30.8. The normalized spacial score (nSPS) is 24.1. The smallest absolute Gasteiger partial charge is 0 e. The van der Waals surface area contributed by atoms with E-state index in [0.29, 0.717) is 0 Å². The van der Waals surface area contributed by atoms with Crippen molar-refractivity contribution in [2.24, 2.45) is 0 Å². The molecule has 4 fully saturated rings. The van der Waals surface area contributed by atoms with E-state index in [9.17, 15) is 0 Å². The van der Waals surface area contributed by atoms with Crippen LogP contribution in [0.25, 0.3) is 0 Å². The standard InChI is InChI=1S/4C10H15.Cl2.2ClH.4Ru/c4*1-6-7(2)9(4)10(5)8(6)3;1-2;;;;;;/h4*1-5H3;;2*1H;;;;/q;;;;;;;;;2*+1/p-2. The van der Waals surface area contributed by atoms with Crippen LogP contribution in [0, 0.1) is 118 Å². The van der Waals surface area contributed by atoms with E-state index in [4.69, 9.17) is 0 Å². The van der Waals surface area contributed by atoms with E-state index in [1.165, 1.54) is 118 Å². The molecule has 4 saturated carbocycles. The van der Waals surface area contributed by atoms with Crippen molar-refractivity contribution in [2.75, 3.05) is 0 Å². The van der Waals surface area contributed by atoms with Gasteiger partial charge in [-0.3, -0.25) is 0 Å². The number of hydrogen-bond donors (Lipinski definition) is 0. The van der Waals surface area contributed by atoms with Crippen LogP contribution in [0.15, 0.2) is 0 Å². The van der Waals surface area contributed by atoms with Crippen LogP contribution in [0.4, 0.5) is 0 Å². The van der Waals surface area contributed by atoms with Crippen molar-refractivity contribution >= 4 is 41.1 Å². The molecule has 0 spiro atoms. The second-order valence-electron chi connectivity index (χ2n) is 12.5. The number of halogens is 4. The fraction of sp³-hybridized carbons (Fsp3) is 0.500. The summed E-state index contributed by atoms with van der Waals surface area (Å²) in [6.45, 7) is 44.0. The zero-order valence-electron chi connectivity index (χ0n) is 32.9. The summed E-state index contributed by atoms with van der Waals surface area (Å²) >= 11 is 3.64. The third-order valence-corrected chi connectivity index (χ3v) is 11.2. The molecule has 0 nitrogen and oxygen atoms in total. The molecule has 0 aromatic carbocycles. The Morgan fingerprint density at radius 1 is 0.188 bits per heavy atom. The minimum Gasteiger partial charge on any atom is 0 e. The third-order valence-electron chi connectivity index (χ3n) is 11.2. The molecule has 0 N–H and O–H groups in total. The van der Waals surface area contributed by atoms with Crippen molar-refractivity contribution in [3.05, 3.63) is 118 Å². The Kier molecular flexibility index (Phi) is 39.1. The van der Waals surface area contributed by atoms with Crippen LogP contribution < -0.4 is 0 Å². The Labute approximate surface area is 367 Å². The van der Waals surface area contributed by atoms with Crippen molar-refractivity contribution in [2.45, 2.75) is 138 Å². The van der Waals surface area contributed by atoms with E-state index in [-0.39, 0.29) is 39.0 Å². The summed E-state index contributed by atoms with van der Waals surface area (Å²) in [5, 5.41) is 0. The molecule has 48 heavy (non-hydrogen) atoms. The van der Waals surface area contributed by atoms with Crippen LogP contribution in [0.1, 0.15) is 138 Å². The fourth-order valence-corrected chi connectivity index (χ4v) is 5.62. The second-order valence-corrected chi connectivity index (χ2v) is 12.5. The van der Waals surface area contributed by atoms with Crippen LogP contribution >= 0.6 is 41.1 Å². The van der Waals surface area contributed by atoms with Crippen LogP contribution in [-0.4, -0.2) is 0 Å². The Bertz CT molecular complexity index is 449. The molecule has 4 aliphatic rings. The average molecular weight is 1090 g/mol. The molecule has 0 saturated heterocycles. The maximum Gasteiger partial charge on any atom is 0 e. The number of hydrogen-bond acceptors (Lipinski definition) is 0. The van der Waals surface area contributed by atoms with E-state index < -0.39 is 0 Å². The van der Waals surface area contributed by atoms with Gasteiger partial charge in [-0.05, 0) is 118 Å². The topological polar surface area (TPSA) is 0 Å². The minimum atomic E-state index is 0. The first-order chi connectivity index (χ1) is 21.2. The Balaban J connectivity index is -0.000000160. The molecule has 0 aromatic heterocycles. The van der Waals surface area contributed by atoms with Gasteiger partial charge in [-0.15, -0.1) is 0 Å². The molecule has 280 valence electrons. The molecule has 0 atom stereocenters. The van der Waals surface area contributed by atoms with Crippen molar-refractivity contribution in [1.82, 2.24) is 0 Å². The summed E-state index contributed by atoms with van der Waals surface area (Å²) in [5.41, 5.74) is 0. The molecular formula is C40H60Cl4Ru4. The van der Waals surface area contributed by atoms with Gasteiger partial charge in [0.15, 0.2) is 0 Å². The summed E-state index contributed by atoms with van der Waals surface area (Å²) < 4.78 is 0. The predicted molar refractivity (Wildman–Crippen MR) is 202 cm³/mol. The van der Waals surface area contributed by atoms with Gasteiger partial charge in [-0.1, -0.05) is 138 Å². The molecule has 0 amide bonds. The van der Waals surface area contributed by atoms with Crippen molar-refractivity contribution < 1.29 is 73.6 Å². The first kappa shape index (κ1) is 60.9. The van der Waals surface area contributed by atoms with Gasteiger partial charge in [0, 0.05) is 60.7 Å². The fourth-order valence-electron chi connectivity index (χ4n) is 5.62. The maximum absolute atomic E-state index is 4.57. The Morgan fingerprint density at radius 3 is 0.229 bits per heavy atom. The van der Waals surface area contributed by atoms with Gasteiger partial charge in [0.2, 0.25) is 0 Å². The van der Waals surface area contributed by atoms with Crippen LogP contribution in [-0.2, 0) is 73.6 Å². The summed E-state index contributed by atoms with van der Waals surface area (Å²) in [7, 11) is 17.4. The van der Waals surface area contributed by atoms with Crippen molar-refractivity contribution in [3.63, 3.8) is 0 Å². The van der Waals surface area contributed by atoms with Gasteiger partial charge in [0.25, 0.3) is 0 Å². The van der Waals surface area contributed by atoms with Gasteiger partial charge < -0.3 is 0 Å². The minimum absolute atomic E-state index is 0. The maximum atomic E-state index is 4.57. The van der Waals surface area contributed by atoms with Crippen LogP contribution in [0.3, 0.4) is 0 Å². The van der Waals surface area contributed by atoms with E-state index in [2.05, 4.69) is 180 Å². The van der Waals surface area contributed by atoms with Gasteiger partial charge >= 0.3 is 54.0 Å². The van der Waals surface area contributed by atoms with Gasteiger partial charge in [-0.25, -0.2) is 0 Å².